The summed E-state index contributed by atoms with van der Waals surface area (Å²) in [6.07, 6.45) is 1.69. The third-order valence-electron chi connectivity index (χ3n) is 3.54. The smallest absolute Gasteiger partial charge is 0.422 e. The molecule has 20 heavy (non-hydrogen) atoms. The Balaban J connectivity index is 1.98. The quantitative estimate of drug-likeness (QED) is 0.811. The number of carbonyl (C=O) groups excluding carboxylic acids is 1. The average molecular weight is 276 g/mol. The van der Waals surface area contributed by atoms with Crippen LogP contribution in [0.5, 0.6) is 0 Å². The van der Waals surface area contributed by atoms with Gasteiger partial charge in [0.05, 0.1) is 6.04 Å². The van der Waals surface area contributed by atoms with Gasteiger partial charge in [0.2, 0.25) is 0 Å². The van der Waals surface area contributed by atoms with Gasteiger partial charge in [-0.05, 0) is 50.7 Å². The van der Waals surface area contributed by atoms with Crippen LogP contribution in [0.25, 0.3) is 0 Å². The SMILES string of the molecule is CC1CCC(NNC(=O)OC(C)(C)C)c2ccccc21. The molecule has 0 aliphatic heterocycles. The number of carbonyl (C=O) groups is 1. The molecular formula is C16H24N2O2. The highest BCUT2D eigenvalue weighted by Gasteiger charge is 2.25. The van der Waals surface area contributed by atoms with Gasteiger partial charge in [0.25, 0.3) is 0 Å². The van der Waals surface area contributed by atoms with Gasteiger partial charge < -0.3 is 4.74 Å². The van der Waals surface area contributed by atoms with E-state index in [4.69, 9.17) is 4.74 Å². The van der Waals surface area contributed by atoms with Crippen molar-refractivity contribution < 1.29 is 9.53 Å². The van der Waals surface area contributed by atoms with Crippen molar-refractivity contribution in [1.82, 2.24) is 10.9 Å². The van der Waals surface area contributed by atoms with Crippen LogP contribution in [0.4, 0.5) is 4.79 Å². The van der Waals surface area contributed by atoms with Gasteiger partial charge in [-0.1, -0.05) is 31.2 Å². The Kier molecular flexibility index (Phi) is 4.33. The predicted octanol–water partition coefficient (Wildman–Crippen LogP) is 3.65. The van der Waals surface area contributed by atoms with Crippen molar-refractivity contribution in [3.8, 4) is 0 Å². The van der Waals surface area contributed by atoms with E-state index in [1.807, 2.05) is 26.8 Å². The van der Waals surface area contributed by atoms with Crippen LogP contribution in [0.2, 0.25) is 0 Å². The number of ether oxygens (including phenoxy) is 1. The van der Waals surface area contributed by atoms with Gasteiger partial charge in [0.15, 0.2) is 0 Å². The molecule has 1 aliphatic carbocycles. The minimum absolute atomic E-state index is 0.148. The summed E-state index contributed by atoms with van der Waals surface area (Å²) >= 11 is 0. The van der Waals surface area contributed by atoms with Crippen molar-refractivity contribution in [3.05, 3.63) is 35.4 Å². The Bertz CT molecular complexity index is 480. The summed E-state index contributed by atoms with van der Waals surface area (Å²) < 4.78 is 5.23. The van der Waals surface area contributed by atoms with Crippen LogP contribution < -0.4 is 10.9 Å². The predicted molar refractivity (Wildman–Crippen MR) is 79.3 cm³/mol. The van der Waals surface area contributed by atoms with Gasteiger partial charge in [0.1, 0.15) is 5.60 Å². The first kappa shape index (κ1) is 14.9. The maximum atomic E-state index is 11.7. The Morgan fingerprint density at radius 1 is 1.20 bits per heavy atom. The zero-order chi connectivity index (χ0) is 14.8. The van der Waals surface area contributed by atoms with Gasteiger partial charge in [-0.15, -0.1) is 0 Å². The van der Waals surface area contributed by atoms with E-state index < -0.39 is 11.7 Å². The molecule has 1 aromatic rings. The Morgan fingerprint density at radius 3 is 2.50 bits per heavy atom. The molecule has 2 unspecified atom stereocenters. The molecule has 0 fully saturated rings. The Labute approximate surface area is 120 Å². The largest absolute Gasteiger partial charge is 0.443 e. The highest BCUT2D eigenvalue weighted by Crippen LogP contribution is 2.36. The van der Waals surface area contributed by atoms with Gasteiger partial charge in [-0.2, -0.15) is 0 Å². The second-order valence-corrected chi connectivity index (χ2v) is 6.43. The summed E-state index contributed by atoms with van der Waals surface area (Å²) in [4.78, 5) is 11.7. The third kappa shape index (κ3) is 3.73. The van der Waals surface area contributed by atoms with Crippen LogP contribution in [-0.2, 0) is 4.74 Å². The molecule has 0 spiro atoms. The molecule has 0 aromatic heterocycles. The van der Waals surface area contributed by atoms with Crippen molar-refractivity contribution in [2.24, 2.45) is 0 Å². The van der Waals surface area contributed by atoms with Crippen molar-refractivity contribution in [2.75, 3.05) is 0 Å². The molecule has 110 valence electrons. The number of rotatable bonds is 2. The minimum Gasteiger partial charge on any atom is -0.443 e. The molecule has 0 saturated heterocycles. The maximum Gasteiger partial charge on any atom is 0.422 e. The van der Waals surface area contributed by atoms with Crippen LogP contribution >= 0.6 is 0 Å². The van der Waals surface area contributed by atoms with Crippen LogP contribution in [0.1, 0.15) is 63.6 Å². The standard InChI is InChI=1S/C16H24N2O2/c1-11-9-10-14(13-8-6-5-7-12(11)13)17-18-15(19)20-16(2,3)4/h5-8,11,14,17H,9-10H2,1-4H3,(H,18,19). The molecule has 1 aliphatic rings. The molecule has 0 saturated carbocycles. The monoisotopic (exact) mass is 276 g/mol. The fraction of sp³-hybridized carbons (Fsp3) is 0.562. The van der Waals surface area contributed by atoms with Gasteiger partial charge >= 0.3 is 6.09 Å². The number of hydrazine groups is 1. The van der Waals surface area contributed by atoms with Crippen molar-refractivity contribution in [2.45, 2.75) is 58.1 Å². The third-order valence-corrected chi connectivity index (χ3v) is 3.54. The summed E-state index contributed by atoms with van der Waals surface area (Å²) in [6.45, 7) is 7.80. The first-order valence-corrected chi connectivity index (χ1v) is 7.20. The molecule has 0 radical (unpaired) electrons. The van der Waals surface area contributed by atoms with Crippen LogP contribution in [0.15, 0.2) is 24.3 Å². The zero-order valence-electron chi connectivity index (χ0n) is 12.7. The first-order valence-electron chi connectivity index (χ1n) is 7.20. The van der Waals surface area contributed by atoms with E-state index in [0.717, 1.165) is 12.8 Å². The molecule has 2 rings (SSSR count). The summed E-state index contributed by atoms with van der Waals surface area (Å²) in [5.41, 5.74) is 7.90. The molecule has 4 heteroatoms. The first-order chi connectivity index (χ1) is 9.37. The Morgan fingerprint density at radius 2 is 1.85 bits per heavy atom. The van der Waals surface area contributed by atoms with E-state index >= 15 is 0 Å². The average Bonchev–Trinajstić information content (AvgIpc) is 2.36. The summed E-state index contributed by atoms with van der Waals surface area (Å²) in [7, 11) is 0. The number of amides is 1. The maximum absolute atomic E-state index is 11.7. The van der Waals surface area contributed by atoms with E-state index in [9.17, 15) is 4.79 Å². The fourth-order valence-corrected chi connectivity index (χ4v) is 2.60. The van der Waals surface area contributed by atoms with Crippen molar-refractivity contribution in [1.29, 1.82) is 0 Å². The summed E-state index contributed by atoms with van der Waals surface area (Å²) in [5.74, 6) is 0.575. The molecular weight excluding hydrogens is 252 g/mol. The molecule has 1 aromatic carbocycles. The van der Waals surface area contributed by atoms with E-state index in [2.05, 4.69) is 36.0 Å². The number of hydrogen-bond acceptors (Lipinski definition) is 3. The zero-order valence-corrected chi connectivity index (χ0v) is 12.7. The Hall–Kier alpha value is -1.55. The van der Waals surface area contributed by atoms with E-state index in [1.54, 1.807) is 0 Å². The van der Waals surface area contributed by atoms with E-state index in [0.29, 0.717) is 5.92 Å². The molecule has 0 heterocycles. The minimum atomic E-state index is -0.481. The van der Waals surface area contributed by atoms with Gasteiger partial charge in [0, 0.05) is 0 Å². The molecule has 0 bridgehead atoms. The molecule has 4 nitrogen and oxygen atoms in total. The highest BCUT2D eigenvalue weighted by atomic mass is 16.6. The number of hydrogen-bond donors (Lipinski definition) is 2. The van der Waals surface area contributed by atoms with Crippen LogP contribution in [-0.4, -0.2) is 11.7 Å². The van der Waals surface area contributed by atoms with Crippen molar-refractivity contribution >= 4 is 6.09 Å². The normalized spacial score (nSPS) is 22.0. The van der Waals surface area contributed by atoms with Crippen LogP contribution in [0, 0.1) is 0 Å². The topological polar surface area (TPSA) is 50.4 Å². The molecule has 1 amide bonds. The second-order valence-electron chi connectivity index (χ2n) is 6.43. The lowest BCUT2D eigenvalue weighted by atomic mass is 9.81. The lowest BCUT2D eigenvalue weighted by Crippen LogP contribution is -2.43. The van der Waals surface area contributed by atoms with Gasteiger partial charge in [-0.25, -0.2) is 10.2 Å². The highest BCUT2D eigenvalue weighted by molar-refractivity contribution is 5.67. The van der Waals surface area contributed by atoms with Crippen molar-refractivity contribution in [3.63, 3.8) is 0 Å². The number of nitrogens with one attached hydrogen (secondary N) is 2. The summed E-state index contributed by atoms with van der Waals surface area (Å²) in [6, 6.07) is 8.55. The molecule has 2 N–H and O–H groups in total. The lowest BCUT2D eigenvalue weighted by Gasteiger charge is -2.30. The van der Waals surface area contributed by atoms with E-state index in [-0.39, 0.29) is 6.04 Å². The lowest BCUT2D eigenvalue weighted by molar-refractivity contribution is 0.0485. The fourth-order valence-electron chi connectivity index (χ4n) is 2.60. The van der Waals surface area contributed by atoms with Crippen LogP contribution in [0.3, 0.4) is 0 Å². The second kappa shape index (κ2) is 5.83. The van der Waals surface area contributed by atoms with Gasteiger partial charge in [-0.3, -0.25) is 5.43 Å². The summed E-state index contributed by atoms with van der Waals surface area (Å²) in [5, 5.41) is 0. The van der Waals surface area contributed by atoms with E-state index in [1.165, 1.54) is 11.1 Å². The number of benzene rings is 1. The molecule has 2 atom stereocenters. The number of fused-ring (bicyclic) bond motifs is 1.